The topological polar surface area (TPSA) is 69.6 Å². The summed E-state index contributed by atoms with van der Waals surface area (Å²) in [4.78, 5) is 23.4. The van der Waals surface area contributed by atoms with Gasteiger partial charge in [0.15, 0.2) is 11.5 Å². The van der Waals surface area contributed by atoms with Gasteiger partial charge < -0.3 is 14.0 Å². The average molecular weight is 342 g/mol. The molecule has 0 aliphatic carbocycles. The molecule has 7 heteroatoms. The van der Waals surface area contributed by atoms with E-state index in [9.17, 15) is 9.59 Å². The first-order chi connectivity index (χ1) is 11.5. The maximum Gasteiger partial charge on any atom is 0.290 e. The second-order valence-electron chi connectivity index (χ2n) is 5.55. The van der Waals surface area contributed by atoms with Crippen molar-refractivity contribution in [2.24, 2.45) is 0 Å². The Kier molecular flexibility index (Phi) is 3.38. The van der Waals surface area contributed by atoms with Gasteiger partial charge in [0.25, 0.3) is 11.1 Å². The van der Waals surface area contributed by atoms with Gasteiger partial charge in [-0.2, -0.15) is 0 Å². The van der Waals surface area contributed by atoms with Crippen LogP contribution >= 0.6 is 11.8 Å². The number of rotatable bonds is 2. The van der Waals surface area contributed by atoms with E-state index in [1.165, 1.54) is 0 Å². The van der Waals surface area contributed by atoms with Crippen LogP contribution in [0.2, 0.25) is 0 Å². The zero-order chi connectivity index (χ0) is 16.8. The molecule has 0 saturated carbocycles. The standard InChI is InChI=1S/C17H14N2O4S/c1-9-5-11(6-15-16(20)18-17(21)24-15)10(2)19(9)12-3-4-13-14(7-12)23-8-22-13/h3-7H,8H2,1-2H3,(H,18,20,21). The van der Waals surface area contributed by atoms with Crippen LogP contribution in [-0.4, -0.2) is 22.5 Å². The highest BCUT2D eigenvalue weighted by atomic mass is 32.2. The molecular weight excluding hydrogens is 328 g/mol. The molecule has 1 saturated heterocycles. The molecule has 0 bridgehead atoms. The van der Waals surface area contributed by atoms with Gasteiger partial charge in [-0.25, -0.2) is 0 Å². The van der Waals surface area contributed by atoms with Crippen molar-refractivity contribution in [2.45, 2.75) is 13.8 Å². The van der Waals surface area contributed by atoms with Gasteiger partial charge in [0, 0.05) is 23.1 Å². The van der Waals surface area contributed by atoms with Crippen molar-refractivity contribution in [1.29, 1.82) is 0 Å². The van der Waals surface area contributed by atoms with E-state index in [0.717, 1.165) is 45.9 Å². The van der Waals surface area contributed by atoms with Crippen molar-refractivity contribution in [3.05, 3.63) is 46.1 Å². The Morgan fingerprint density at radius 3 is 2.71 bits per heavy atom. The maximum atomic E-state index is 11.7. The summed E-state index contributed by atoms with van der Waals surface area (Å²) in [5, 5.41) is 1.93. The quantitative estimate of drug-likeness (QED) is 0.849. The summed E-state index contributed by atoms with van der Waals surface area (Å²) in [7, 11) is 0. The minimum absolute atomic E-state index is 0.236. The molecule has 0 radical (unpaired) electrons. The van der Waals surface area contributed by atoms with Crippen LogP contribution in [0.5, 0.6) is 11.5 Å². The Morgan fingerprint density at radius 2 is 1.96 bits per heavy atom. The van der Waals surface area contributed by atoms with Gasteiger partial charge in [-0.05, 0) is 55.4 Å². The molecule has 1 fully saturated rings. The molecule has 0 unspecified atom stereocenters. The van der Waals surface area contributed by atoms with Gasteiger partial charge in [-0.1, -0.05) is 0 Å². The van der Waals surface area contributed by atoms with Gasteiger partial charge in [-0.3, -0.25) is 14.9 Å². The Bertz CT molecular complexity index is 914. The third-order valence-electron chi connectivity index (χ3n) is 4.01. The number of nitrogens with one attached hydrogen (secondary N) is 1. The number of carbonyl (C=O) groups is 2. The summed E-state index contributed by atoms with van der Waals surface area (Å²) in [6.07, 6.45) is 1.75. The molecule has 0 spiro atoms. The fraction of sp³-hybridized carbons (Fsp3) is 0.176. The van der Waals surface area contributed by atoms with Crippen molar-refractivity contribution in [2.75, 3.05) is 6.79 Å². The summed E-state index contributed by atoms with van der Waals surface area (Å²) in [6, 6.07) is 7.77. The first kappa shape index (κ1) is 14.9. The Morgan fingerprint density at radius 1 is 1.17 bits per heavy atom. The molecule has 1 aromatic carbocycles. The molecule has 1 N–H and O–H groups in total. The number of carbonyl (C=O) groups excluding carboxylic acids is 2. The van der Waals surface area contributed by atoms with Crippen LogP contribution in [-0.2, 0) is 4.79 Å². The number of benzene rings is 1. The monoisotopic (exact) mass is 342 g/mol. The minimum atomic E-state index is -0.349. The molecule has 1 aromatic heterocycles. The van der Waals surface area contributed by atoms with Crippen molar-refractivity contribution in [3.8, 4) is 17.2 Å². The highest BCUT2D eigenvalue weighted by Gasteiger charge is 2.25. The number of hydrogen-bond donors (Lipinski definition) is 1. The van der Waals surface area contributed by atoms with Crippen molar-refractivity contribution in [1.82, 2.24) is 9.88 Å². The lowest BCUT2D eigenvalue weighted by Crippen LogP contribution is -2.17. The number of aryl methyl sites for hydroxylation is 1. The highest BCUT2D eigenvalue weighted by molar-refractivity contribution is 8.18. The van der Waals surface area contributed by atoms with E-state index in [-0.39, 0.29) is 17.9 Å². The fourth-order valence-corrected chi connectivity index (χ4v) is 3.59. The summed E-state index contributed by atoms with van der Waals surface area (Å²) in [6.45, 7) is 4.20. The van der Waals surface area contributed by atoms with Crippen LogP contribution in [0.25, 0.3) is 11.8 Å². The van der Waals surface area contributed by atoms with Gasteiger partial charge in [0.05, 0.1) is 4.91 Å². The molecule has 2 aliphatic heterocycles. The van der Waals surface area contributed by atoms with E-state index in [1.807, 2.05) is 38.1 Å². The van der Waals surface area contributed by atoms with Crippen molar-refractivity contribution < 1.29 is 19.1 Å². The largest absolute Gasteiger partial charge is 0.454 e. The molecular formula is C17H14N2O4S. The number of imide groups is 1. The van der Waals surface area contributed by atoms with Crippen molar-refractivity contribution >= 4 is 29.0 Å². The Balaban J connectivity index is 1.76. The van der Waals surface area contributed by atoms with E-state index >= 15 is 0 Å². The van der Waals surface area contributed by atoms with E-state index in [0.29, 0.717) is 4.91 Å². The number of thioether (sulfide) groups is 1. The van der Waals surface area contributed by atoms with Crippen LogP contribution < -0.4 is 14.8 Å². The smallest absolute Gasteiger partial charge is 0.290 e. The second-order valence-corrected chi connectivity index (χ2v) is 6.57. The molecule has 2 aromatic rings. The summed E-state index contributed by atoms with van der Waals surface area (Å²) >= 11 is 0.920. The molecule has 4 rings (SSSR count). The normalized spacial score (nSPS) is 17.7. The lowest BCUT2D eigenvalue weighted by atomic mass is 10.2. The number of aromatic nitrogens is 1. The highest BCUT2D eigenvalue weighted by Crippen LogP contribution is 2.35. The maximum absolute atomic E-state index is 11.7. The first-order valence-electron chi connectivity index (χ1n) is 7.37. The van der Waals surface area contributed by atoms with Crippen molar-refractivity contribution in [3.63, 3.8) is 0 Å². The van der Waals surface area contributed by atoms with Crippen LogP contribution in [0.3, 0.4) is 0 Å². The van der Waals surface area contributed by atoms with E-state index in [1.54, 1.807) is 6.08 Å². The molecule has 3 heterocycles. The minimum Gasteiger partial charge on any atom is -0.454 e. The van der Waals surface area contributed by atoms with Gasteiger partial charge in [-0.15, -0.1) is 0 Å². The number of ether oxygens (including phenoxy) is 2. The van der Waals surface area contributed by atoms with E-state index in [2.05, 4.69) is 9.88 Å². The molecule has 0 atom stereocenters. The van der Waals surface area contributed by atoms with Gasteiger partial charge in [0.2, 0.25) is 6.79 Å². The van der Waals surface area contributed by atoms with E-state index < -0.39 is 0 Å². The number of nitrogens with zero attached hydrogens (tertiary/aromatic N) is 1. The summed E-state index contributed by atoms with van der Waals surface area (Å²) in [5.41, 5.74) is 3.86. The zero-order valence-electron chi connectivity index (χ0n) is 13.1. The van der Waals surface area contributed by atoms with Crippen LogP contribution in [0.1, 0.15) is 17.0 Å². The van der Waals surface area contributed by atoms with Crippen LogP contribution in [0, 0.1) is 13.8 Å². The molecule has 122 valence electrons. The molecule has 6 nitrogen and oxygen atoms in total. The lowest BCUT2D eigenvalue weighted by molar-refractivity contribution is -0.115. The number of hydrogen-bond acceptors (Lipinski definition) is 5. The third-order valence-corrected chi connectivity index (χ3v) is 4.82. The van der Waals surface area contributed by atoms with E-state index in [4.69, 9.17) is 9.47 Å². The Hall–Kier alpha value is -2.67. The molecule has 2 aliphatic rings. The zero-order valence-corrected chi connectivity index (χ0v) is 13.9. The van der Waals surface area contributed by atoms with Crippen LogP contribution in [0.15, 0.2) is 29.2 Å². The average Bonchev–Trinajstić information content (AvgIpc) is 3.19. The Labute approximate surface area is 142 Å². The summed E-state index contributed by atoms with van der Waals surface area (Å²) in [5.74, 6) is 1.11. The number of fused-ring (bicyclic) bond motifs is 1. The third kappa shape index (κ3) is 2.37. The lowest BCUT2D eigenvalue weighted by Gasteiger charge is -2.10. The van der Waals surface area contributed by atoms with Crippen LogP contribution in [0.4, 0.5) is 4.79 Å². The SMILES string of the molecule is Cc1cc(C=C2SC(=O)NC2=O)c(C)n1-c1ccc2c(c1)OCO2. The molecule has 2 amide bonds. The molecule has 24 heavy (non-hydrogen) atoms. The predicted molar refractivity (Wildman–Crippen MR) is 90.5 cm³/mol. The van der Waals surface area contributed by atoms with Gasteiger partial charge >= 0.3 is 0 Å². The predicted octanol–water partition coefficient (Wildman–Crippen LogP) is 3.15. The fourth-order valence-electron chi connectivity index (χ4n) is 2.92. The summed E-state index contributed by atoms with van der Waals surface area (Å²) < 4.78 is 12.9. The van der Waals surface area contributed by atoms with Gasteiger partial charge in [0.1, 0.15) is 0 Å². The second kappa shape index (κ2) is 5.45. The number of amides is 2. The first-order valence-corrected chi connectivity index (χ1v) is 8.18.